The number of aryl methyl sites for hydroxylation is 2. The van der Waals surface area contributed by atoms with E-state index in [0.717, 1.165) is 22.3 Å². The number of ether oxygens (including phenoxy) is 1. The van der Waals surface area contributed by atoms with Gasteiger partial charge in [0.25, 0.3) is 0 Å². The number of benzene rings is 1. The summed E-state index contributed by atoms with van der Waals surface area (Å²) in [6.45, 7) is 9.68. The average Bonchev–Trinajstić information content (AvgIpc) is 2.58. The van der Waals surface area contributed by atoms with E-state index < -0.39 is 5.97 Å². The van der Waals surface area contributed by atoms with Crippen molar-refractivity contribution in [1.82, 2.24) is 9.97 Å². The summed E-state index contributed by atoms with van der Waals surface area (Å²) in [6.07, 6.45) is 1.33. The molecule has 0 bridgehead atoms. The monoisotopic (exact) mass is 385 g/mol. The molecule has 0 saturated carbocycles. The van der Waals surface area contributed by atoms with Gasteiger partial charge in [-0.25, -0.2) is 14.8 Å². The van der Waals surface area contributed by atoms with Crippen LogP contribution in [0.5, 0.6) is 0 Å². The van der Waals surface area contributed by atoms with E-state index in [2.05, 4.69) is 35.2 Å². The van der Waals surface area contributed by atoms with Gasteiger partial charge in [0, 0.05) is 23.0 Å². The normalized spacial score (nSPS) is 10.6. The van der Waals surface area contributed by atoms with Crippen LogP contribution in [0, 0.1) is 20.8 Å². The Bertz CT molecular complexity index is 987. The molecule has 0 atom stereocenters. The summed E-state index contributed by atoms with van der Waals surface area (Å²) in [7, 11) is 0. The smallest absolute Gasteiger partial charge is 0.342 e. The third-order valence-corrected chi connectivity index (χ3v) is 4.30. The predicted molar refractivity (Wildman–Crippen MR) is 111 cm³/mol. The number of fused-ring (bicyclic) bond motifs is 1. The largest absolute Gasteiger partial charge is 0.459 e. The summed E-state index contributed by atoms with van der Waals surface area (Å²) in [5.41, 5.74) is 5.78. The van der Waals surface area contributed by atoms with Crippen molar-refractivity contribution in [2.75, 3.05) is 5.32 Å². The second-order valence-corrected chi connectivity index (χ2v) is 6.70. The number of aromatic nitrogens is 2. The highest BCUT2D eigenvalue weighted by atomic mass is 35.5. The van der Waals surface area contributed by atoms with Gasteiger partial charge in [-0.05, 0) is 63.9 Å². The molecule has 1 N–H and O–H groups in total. The maximum absolute atomic E-state index is 12.6. The molecule has 2 heterocycles. The molecule has 0 unspecified atom stereocenters. The van der Waals surface area contributed by atoms with Gasteiger partial charge in [-0.2, -0.15) is 0 Å². The van der Waals surface area contributed by atoms with Crippen molar-refractivity contribution in [3.05, 3.63) is 58.9 Å². The zero-order chi connectivity index (χ0) is 18.8. The summed E-state index contributed by atoms with van der Waals surface area (Å²) >= 11 is 0. The molecule has 5 nitrogen and oxygen atoms in total. The highest BCUT2D eigenvalue weighted by Gasteiger charge is 2.19. The molecule has 27 heavy (non-hydrogen) atoms. The summed E-state index contributed by atoms with van der Waals surface area (Å²) in [6, 6.07) is 9.89. The van der Waals surface area contributed by atoms with Crippen LogP contribution < -0.4 is 5.32 Å². The fourth-order valence-corrected chi connectivity index (χ4v) is 2.76. The molecule has 3 aromatic rings. The van der Waals surface area contributed by atoms with E-state index in [4.69, 9.17) is 4.74 Å². The van der Waals surface area contributed by atoms with Gasteiger partial charge in [0.2, 0.25) is 0 Å². The Morgan fingerprint density at radius 1 is 1.11 bits per heavy atom. The molecular weight excluding hydrogens is 362 g/mol. The second kappa shape index (κ2) is 8.35. The van der Waals surface area contributed by atoms with Gasteiger partial charge in [-0.15, -0.1) is 12.4 Å². The highest BCUT2D eigenvalue weighted by molar-refractivity contribution is 6.05. The zero-order valence-corrected chi connectivity index (χ0v) is 17.0. The fraction of sp³-hybridized carbons (Fsp3) is 0.286. The molecule has 0 saturated heterocycles. The lowest BCUT2D eigenvalue weighted by atomic mass is 10.1. The van der Waals surface area contributed by atoms with Crippen molar-refractivity contribution >= 4 is 40.8 Å². The van der Waals surface area contributed by atoms with Crippen molar-refractivity contribution < 1.29 is 9.53 Å². The van der Waals surface area contributed by atoms with Gasteiger partial charge >= 0.3 is 5.97 Å². The average molecular weight is 386 g/mol. The number of hydrogen-bond donors (Lipinski definition) is 1. The highest BCUT2D eigenvalue weighted by Crippen LogP contribution is 2.31. The molecule has 0 amide bonds. The lowest BCUT2D eigenvalue weighted by Crippen LogP contribution is -2.14. The Balaban J connectivity index is 0.00000261. The molecule has 0 aliphatic heterocycles. The van der Waals surface area contributed by atoms with Gasteiger partial charge in [0.1, 0.15) is 5.56 Å². The summed E-state index contributed by atoms with van der Waals surface area (Å²) < 4.78 is 5.40. The third-order valence-electron chi connectivity index (χ3n) is 4.30. The first-order valence-corrected chi connectivity index (χ1v) is 8.67. The Morgan fingerprint density at radius 2 is 1.85 bits per heavy atom. The number of hydrogen-bond acceptors (Lipinski definition) is 5. The molecule has 1 aromatic carbocycles. The molecule has 0 fully saturated rings. The molecule has 6 heteroatoms. The van der Waals surface area contributed by atoms with E-state index in [1.54, 1.807) is 0 Å². The van der Waals surface area contributed by atoms with E-state index in [1.807, 2.05) is 45.0 Å². The number of pyridine rings is 2. The van der Waals surface area contributed by atoms with Crippen LogP contribution >= 0.6 is 12.4 Å². The van der Waals surface area contributed by atoms with E-state index >= 15 is 0 Å². The first-order chi connectivity index (χ1) is 12.4. The predicted octanol–water partition coefficient (Wildman–Crippen LogP) is 5.29. The van der Waals surface area contributed by atoms with E-state index in [-0.39, 0.29) is 18.5 Å². The minimum Gasteiger partial charge on any atom is -0.459 e. The van der Waals surface area contributed by atoms with Crippen LogP contribution in [0.1, 0.15) is 41.0 Å². The Hall–Kier alpha value is -2.66. The lowest BCUT2D eigenvalue weighted by molar-refractivity contribution is 0.0379. The standard InChI is InChI=1S/C21H23N3O2.ClH/c1-12(2)26-21(25)17-11-22-20-16(10-9-14(4)23-20)19(17)24-18-8-6-7-13(3)15(18)5;/h6-12H,1-5H3,(H,22,23,24);1H. The van der Waals surface area contributed by atoms with Gasteiger partial charge in [0.15, 0.2) is 5.65 Å². The SMILES string of the molecule is Cc1ccc2c(Nc3cccc(C)c3C)c(C(=O)OC(C)C)cnc2n1.Cl. The van der Waals surface area contributed by atoms with E-state index in [1.165, 1.54) is 11.8 Å². The van der Waals surface area contributed by atoms with Crippen LogP contribution in [0.25, 0.3) is 11.0 Å². The van der Waals surface area contributed by atoms with E-state index in [0.29, 0.717) is 16.9 Å². The number of carbonyl (C=O) groups excluding carboxylic acids is 1. The van der Waals surface area contributed by atoms with Crippen molar-refractivity contribution in [1.29, 1.82) is 0 Å². The number of carbonyl (C=O) groups is 1. The van der Waals surface area contributed by atoms with Gasteiger partial charge in [-0.3, -0.25) is 0 Å². The Morgan fingerprint density at radius 3 is 2.56 bits per heavy atom. The Kier molecular flexibility index (Phi) is 6.39. The molecular formula is C21H24ClN3O2. The number of anilines is 2. The van der Waals surface area contributed by atoms with Crippen LogP contribution in [-0.4, -0.2) is 22.0 Å². The molecule has 2 aromatic heterocycles. The molecule has 3 rings (SSSR count). The fourth-order valence-electron chi connectivity index (χ4n) is 2.76. The number of esters is 1. The number of nitrogens with zero attached hydrogens (tertiary/aromatic N) is 2. The lowest BCUT2D eigenvalue weighted by Gasteiger charge is -2.17. The maximum Gasteiger partial charge on any atom is 0.342 e. The number of rotatable bonds is 4. The van der Waals surface area contributed by atoms with Crippen molar-refractivity contribution in [2.45, 2.75) is 40.7 Å². The number of halogens is 1. The Labute approximate surface area is 165 Å². The summed E-state index contributed by atoms with van der Waals surface area (Å²) in [4.78, 5) is 21.4. The first-order valence-electron chi connectivity index (χ1n) is 8.67. The molecule has 0 aliphatic rings. The summed E-state index contributed by atoms with van der Waals surface area (Å²) in [5.74, 6) is -0.400. The van der Waals surface area contributed by atoms with Crippen LogP contribution in [0.15, 0.2) is 36.5 Å². The molecule has 0 spiro atoms. The first kappa shape index (κ1) is 20.6. The topological polar surface area (TPSA) is 64.1 Å². The van der Waals surface area contributed by atoms with Crippen molar-refractivity contribution in [3.8, 4) is 0 Å². The van der Waals surface area contributed by atoms with Gasteiger partial charge < -0.3 is 10.1 Å². The van der Waals surface area contributed by atoms with Crippen molar-refractivity contribution in [3.63, 3.8) is 0 Å². The molecule has 142 valence electrons. The van der Waals surface area contributed by atoms with Gasteiger partial charge in [0.05, 0.1) is 11.8 Å². The van der Waals surface area contributed by atoms with Crippen LogP contribution in [0.2, 0.25) is 0 Å². The quantitative estimate of drug-likeness (QED) is 0.618. The van der Waals surface area contributed by atoms with E-state index in [9.17, 15) is 4.79 Å². The minimum atomic E-state index is -0.400. The minimum absolute atomic E-state index is 0. The maximum atomic E-state index is 12.6. The van der Waals surface area contributed by atoms with Crippen LogP contribution in [0.3, 0.4) is 0 Å². The van der Waals surface area contributed by atoms with Gasteiger partial charge in [-0.1, -0.05) is 12.1 Å². The van der Waals surface area contributed by atoms with Crippen LogP contribution in [-0.2, 0) is 4.74 Å². The third kappa shape index (κ3) is 4.37. The molecule has 0 aliphatic carbocycles. The second-order valence-electron chi connectivity index (χ2n) is 6.70. The summed E-state index contributed by atoms with van der Waals surface area (Å²) in [5, 5.41) is 4.20. The molecule has 0 radical (unpaired) electrons. The number of nitrogens with one attached hydrogen (secondary N) is 1. The van der Waals surface area contributed by atoms with Crippen LogP contribution in [0.4, 0.5) is 11.4 Å². The van der Waals surface area contributed by atoms with Crippen molar-refractivity contribution in [2.24, 2.45) is 0 Å². The zero-order valence-electron chi connectivity index (χ0n) is 16.2.